The number of aliphatic hydroxyl groups excluding tert-OH is 1. The molecule has 1 fully saturated rings. The molecule has 52 heavy (non-hydrogen) atoms. The number of amides is 1. The van der Waals surface area contributed by atoms with Crippen molar-refractivity contribution in [3.05, 3.63) is 105 Å². The number of allylic oxidation sites excluding steroid dienone is 2. The van der Waals surface area contributed by atoms with Gasteiger partial charge in [0.2, 0.25) is 5.91 Å². The first kappa shape index (κ1) is 39.5. The van der Waals surface area contributed by atoms with E-state index in [2.05, 4.69) is 19.9 Å². The smallest absolute Gasteiger partial charge is 0.227 e. The van der Waals surface area contributed by atoms with Gasteiger partial charge < -0.3 is 24.6 Å². The molecule has 3 aliphatic rings. The molecular weight excluding hydrogens is 681 g/mol. The van der Waals surface area contributed by atoms with Crippen molar-refractivity contribution in [2.45, 2.75) is 103 Å². The van der Waals surface area contributed by atoms with Crippen molar-refractivity contribution >= 4 is 23.3 Å². The van der Waals surface area contributed by atoms with Gasteiger partial charge in [0.05, 0.1) is 32.3 Å². The first-order valence-electron chi connectivity index (χ1n) is 18.5. The molecule has 280 valence electrons. The Balaban J connectivity index is 1.53. The van der Waals surface area contributed by atoms with E-state index in [0.29, 0.717) is 62.1 Å². The highest BCUT2D eigenvalue weighted by Crippen LogP contribution is 2.59. The van der Waals surface area contributed by atoms with E-state index in [-0.39, 0.29) is 47.6 Å². The van der Waals surface area contributed by atoms with E-state index in [0.717, 1.165) is 29.5 Å². The number of fused-ring (bicyclic) bond motifs is 8. The molecule has 4 atom stereocenters. The molecule has 3 aliphatic carbocycles. The largest absolute Gasteiger partial charge is 0.493 e. The zero-order chi connectivity index (χ0) is 37.6. The lowest BCUT2D eigenvalue weighted by Gasteiger charge is -2.46. The Labute approximate surface area is 312 Å². The number of ether oxygens (including phenoxy) is 2. The molecule has 9 heteroatoms. The summed E-state index contributed by atoms with van der Waals surface area (Å²) in [5.41, 5.74) is 2.21. The minimum Gasteiger partial charge on any atom is -0.493 e. The molecule has 2 bridgehead atoms. The summed E-state index contributed by atoms with van der Waals surface area (Å²) in [6, 6.07) is 15.6. The molecule has 0 heterocycles. The van der Waals surface area contributed by atoms with Crippen LogP contribution in [-0.2, 0) is 24.1 Å². The first-order valence-corrected chi connectivity index (χ1v) is 18.8. The number of ketones is 1. The van der Waals surface area contributed by atoms with E-state index in [9.17, 15) is 24.2 Å². The van der Waals surface area contributed by atoms with Crippen molar-refractivity contribution in [3.8, 4) is 11.5 Å². The quantitative estimate of drug-likeness (QED) is 0.152. The summed E-state index contributed by atoms with van der Waals surface area (Å²) in [6.07, 6.45) is 6.31. The van der Waals surface area contributed by atoms with E-state index < -0.39 is 22.9 Å². The van der Waals surface area contributed by atoms with Crippen molar-refractivity contribution in [2.75, 3.05) is 27.3 Å². The lowest BCUT2D eigenvalue weighted by Crippen LogP contribution is -2.54. The Morgan fingerprint density at radius 1 is 1.02 bits per heavy atom. The SMILES string of the molecule is CCCN(CC1(O)CCC2c3ccc(cc3C(=O)Cc3c(F)cccc3Cl)CC(O)CCC(C)=CCCC21C)C(=O)Cc1ccc(OC)c(OC)c1. The number of hydrogen-bond acceptors (Lipinski definition) is 6. The zero-order valence-electron chi connectivity index (χ0n) is 31.1. The first-order chi connectivity index (χ1) is 24.8. The second kappa shape index (κ2) is 17.0. The van der Waals surface area contributed by atoms with Crippen LogP contribution in [0.15, 0.2) is 66.2 Å². The van der Waals surface area contributed by atoms with Gasteiger partial charge in [0.1, 0.15) is 5.82 Å². The van der Waals surface area contributed by atoms with Gasteiger partial charge in [0, 0.05) is 41.1 Å². The van der Waals surface area contributed by atoms with E-state index >= 15 is 0 Å². The summed E-state index contributed by atoms with van der Waals surface area (Å²) in [5, 5.41) is 24.0. The van der Waals surface area contributed by atoms with Crippen LogP contribution in [0, 0.1) is 11.2 Å². The monoisotopic (exact) mass is 733 g/mol. The fraction of sp³-hybridized carbons (Fsp3) is 0.488. The van der Waals surface area contributed by atoms with E-state index in [1.54, 1.807) is 31.3 Å². The number of hydrogen-bond donors (Lipinski definition) is 2. The third-order valence-corrected chi connectivity index (χ3v) is 11.8. The van der Waals surface area contributed by atoms with Crippen LogP contribution in [0.2, 0.25) is 5.02 Å². The van der Waals surface area contributed by atoms with Gasteiger partial charge in [-0.1, -0.05) is 61.4 Å². The number of Topliss-reactive ketones (excluding diaryl/α,β-unsaturated/α-hetero) is 1. The van der Waals surface area contributed by atoms with Gasteiger partial charge in [0.15, 0.2) is 17.3 Å². The number of rotatable bonds is 11. The summed E-state index contributed by atoms with van der Waals surface area (Å²) < 4.78 is 25.8. The maximum atomic E-state index is 14.9. The maximum absolute atomic E-state index is 14.9. The predicted octanol–water partition coefficient (Wildman–Crippen LogP) is 8.44. The number of benzene rings is 3. The summed E-state index contributed by atoms with van der Waals surface area (Å²) in [7, 11) is 3.13. The molecule has 2 N–H and O–H groups in total. The van der Waals surface area contributed by atoms with Crippen LogP contribution in [0.1, 0.15) is 104 Å². The van der Waals surface area contributed by atoms with E-state index in [4.69, 9.17) is 21.1 Å². The molecular formula is C43H53ClFNO6. The minimum atomic E-state index is -1.26. The minimum absolute atomic E-state index is 0.0910. The molecule has 0 spiro atoms. The normalized spacial score (nSPS) is 23.4. The number of carbonyl (C=O) groups is 2. The number of carbonyl (C=O) groups excluding carboxylic acids is 2. The molecule has 0 saturated heterocycles. The fourth-order valence-electron chi connectivity index (χ4n) is 8.35. The average molecular weight is 734 g/mol. The lowest BCUT2D eigenvalue weighted by atomic mass is 9.64. The van der Waals surface area contributed by atoms with Crippen LogP contribution < -0.4 is 9.47 Å². The van der Waals surface area contributed by atoms with E-state index in [1.165, 1.54) is 17.7 Å². The van der Waals surface area contributed by atoms with Crippen molar-refractivity contribution in [1.82, 2.24) is 4.90 Å². The highest BCUT2D eigenvalue weighted by molar-refractivity contribution is 6.31. The average Bonchev–Trinajstić information content (AvgIpc) is 3.37. The summed E-state index contributed by atoms with van der Waals surface area (Å²) in [5.74, 6) is 0.00877. The second-order valence-corrected chi connectivity index (χ2v) is 15.3. The molecule has 1 saturated carbocycles. The van der Waals surface area contributed by atoms with Gasteiger partial charge >= 0.3 is 0 Å². The number of halogens is 2. The van der Waals surface area contributed by atoms with Crippen molar-refractivity contribution in [3.63, 3.8) is 0 Å². The van der Waals surface area contributed by atoms with Crippen LogP contribution in [0.3, 0.4) is 0 Å². The van der Waals surface area contributed by atoms with Crippen molar-refractivity contribution < 1.29 is 33.7 Å². The second-order valence-electron chi connectivity index (χ2n) is 14.9. The van der Waals surface area contributed by atoms with E-state index in [1.807, 2.05) is 37.3 Å². The molecule has 3 aromatic rings. The van der Waals surface area contributed by atoms with Gasteiger partial charge in [-0.2, -0.15) is 0 Å². The standard InChI is InChI=1S/C43H53ClFNO6/c1-6-21-46(41(49)25-30-14-17-39(51-4)40(24-30)52-5)27-43(50)20-18-35-32-16-13-29(22-31(47)15-12-28(2)9-8-19-42(35,43)3)23-33(32)38(48)26-34-36(44)10-7-11-37(34)45/h7,9-11,13-14,16-17,23-24,31,35,47,50H,6,8,12,15,18-22,25-27H2,1-5H3. The van der Waals surface area contributed by atoms with Gasteiger partial charge in [-0.15, -0.1) is 0 Å². The highest BCUT2D eigenvalue weighted by Gasteiger charge is 2.57. The molecule has 0 aromatic heterocycles. The number of methoxy groups -OCH3 is 2. The molecule has 1 amide bonds. The van der Waals surface area contributed by atoms with Crippen molar-refractivity contribution in [2.24, 2.45) is 5.41 Å². The Morgan fingerprint density at radius 2 is 1.79 bits per heavy atom. The zero-order valence-corrected chi connectivity index (χ0v) is 31.9. The summed E-state index contributed by atoms with van der Waals surface area (Å²) in [4.78, 5) is 30.0. The summed E-state index contributed by atoms with van der Waals surface area (Å²) in [6.45, 7) is 6.84. The third-order valence-electron chi connectivity index (χ3n) is 11.5. The number of aliphatic hydroxyl groups is 2. The van der Waals surface area contributed by atoms with Crippen LogP contribution in [0.4, 0.5) is 4.39 Å². The van der Waals surface area contributed by atoms with Crippen LogP contribution in [0.25, 0.3) is 0 Å². The number of nitrogens with zero attached hydrogens (tertiary/aromatic N) is 1. The lowest BCUT2D eigenvalue weighted by molar-refractivity contribution is -0.139. The topological polar surface area (TPSA) is 96.3 Å². The Morgan fingerprint density at radius 3 is 2.50 bits per heavy atom. The molecule has 4 unspecified atom stereocenters. The Bertz CT molecular complexity index is 1770. The van der Waals surface area contributed by atoms with Crippen LogP contribution >= 0.6 is 11.6 Å². The molecule has 7 nitrogen and oxygen atoms in total. The van der Waals surface area contributed by atoms with Crippen LogP contribution in [0.5, 0.6) is 11.5 Å². The molecule has 3 aromatic carbocycles. The van der Waals surface area contributed by atoms with Crippen molar-refractivity contribution in [1.29, 1.82) is 0 Å². The molecule has 0 aliphatic heterocycles. The maximum Gasteiger partial charge on any atom is 0.227 e. The Kier molecular flexibility index (Phi) is 12.9. The van der Waals surface area contributed by atoms with Gasteiger partial charge in [-0.25, -0.2) is 4.39 Å². The molecule has 0 radical (unpaired) electrons. The highest BCUT2D eigenvalue weighted by atomic mass is 35.5. The summed E-state index contributed by atoms with van der Waals surface area (Å²) >= 11 is 6.38. The van der Waals surface area contributed by atoms with Gasteiger partial charge in [-0.3, -0.25) is 9.59 Å². The Hall–Kier alpha value is -3.72. The third kappa shape index (κ3) is 8.56. The van der Waals surface area contributed by atoms with Gasteiger partial charge in [0.25, 0.3) is 0 Å². The fourth-order valence-corrected chi connectivity index (χ4v) is 8.58. The predicted molar refractivity (Wildman–Crippen MR) is 203 cm³/mol. The van der Waals surface area contributed by atoms with Crippen LogP contribution in [-0.4, -0.2) is 65.8 Å². The van der Waals surface area contributed by atoms with Gasteiger partial charge in [-0.05, 0) is 111 Å². The molecule has 6 rings (SSSR count).